The highest BCUT2D eigenvalue weighted by molar-refractivity contribution is 5.93. The number of nitrogens with zero attached hydrogens (tertiary/aromatic N) is 5. The zero-order chi connectivity index (χ0) is 17.4. The molecule has 1 aliphatic heterocycles. The van der Waals surface area contributed by atoms with E-state index in [1.807, 2.05) is 17.9 Å². The summed E-state index contributed by atoms with van der Waals surface area (Å²) in [5.41, 5.74) is 3.88. The SMILES string of the molecule is Cc1ncc(C(=O)N2CCC(c3cn4cccc4c(C)n3)CC2)cn1. The van der Waals surface area contributed by atoms with Crippen LogP contribution in [0.3, 0.4) is 0 Å². The monoisotopic (exact) mass is 335 g/mol. The minimum Gasteiger partial charge on any atom is -0.339 e. The maximum Gasteiger partial charge on any atom is 0.256 e. The zero-order valence-electron chi connectivity index (χ0n) is 14.5. The van der Waals surface area contributed by atoms with Gasteiger partial charge in [0.05, 0.1) is 22.5 Å². The van der Waals surface area contributed by atoms with E-state index >= 15 is 0 Å². The predicted molar refractivity (Wildman–Crippen MR) is 94.6 cm³/mol. The molecule has 25 heavy (non-hydrogen) atoms. The Labute approximate surface area is 146 Å². The zero-order valence-corrected chi connectivity index (χ0v) is 14.5. The van der Waals surface area contributed by atoms with Crippen LogP contribution in [0, 0.1) is 13.8 Å². The standard InChI is InChI=1S/C19H21N5O/c1-13-18-4-3-7-24(18)12-17(22-13)15-5-8-23(9-6-15)19(25)16-10-20-14(2)21-11-16/h3-4,7,10-12,15H,5-6,8-9H2,1-2H3. The summed E-state index contributed by atoms with van der Waals surface area (Å²) in [5.74, 6) is 1.09. The molecule has 0 saturated carbocycles. The average Bonchev–Trinajstić information content (AvgIpc) is 3.11. The van der Waals surface area contributed by atoms with Crippen molar-refractivity contribution in [3.8, 4) is 0 Å². The number of hydrogen-bond donors (Lipinski definition) is 0. The minimum atomic E-state index is 0.0171. The number of fused-ring (bicyclic) bond motifs is 1. The van der Waals surface area contributed by atoms with Gasteiger partial charge in [-0.05, 0) is 38.8 Å². The number of carbonyl (C=O) groups excluding carboxylic acids is 1. The van der Waals surface area contributed by atoms with Gasteiger partial charge in [0, 0.05) is 43.8 Å². The van der Waals surface area contributed by atoms with Gasteiger partial charge in [-0.3, -0.25) is 9.78 Å². The first-order chi connectivity index (χ1) is 12.1. The molecule has 1 amide bonds. The second-order valence-corrected chi connectivity index (χ2v) is 6.64. The Bertz CT molecular complexity index is 907. The molecule has 3 aromatic heterocycles. The molecule has 4 rings (SSSR count). The van der Waals surface area contributed by atoms with Crippen LogP contribution in [0.5, 0.6) is 0 Å². The summed E-state index contributed by atoms with van der Waals surface area (Å²) in [5, 5.41) is 0. The number of hydrogen-bond acceptors (Lipinski definition) is 4. The normalized spacial score (nSPS) is 15.7. The molecule has 0 aromatic carbocycles. The molecule has 0 radical (unpaired) electrons. The van der Waals surface area contributed by atoms with Crippen molar-refractivity contribution in [2.75, 3.05) is 13.1 Å². The van der Waals surface area contributed by atoms with Gasteiger partial charge in [-0.1, -0.05) is 0 Å². The van der Waals surface area contributed by atoms with E-state index in [0.29, 0.717) is 17.3 Å². The summed E-state index contributed by atoms with van der Waals surface area (Å²) in [6.07, 6.45) is 9.26. The Morgan fingerprint density at radius 1 is 1.16 bits per heavy atom. The van der Waals surface area contributed by atoms with Gasteiger partial charge in [-0.2, -0.15) is 0 Å². The van der Waals surface area contributed by atoms with Crippen molar-refractivity contribution in [3.63, 3.8) is 0 Å². The van der Waals surface area contributed by atoms with E-state index in [1.54, 1.807) is 12.4 Å². The third-order valence-electron chi connectivity index (χ3n) is 4.95. The number of carbonyl (C=O) groups is 1. The van der Waals surface area contributed by atoms with E-state index in [0.717, 1.165) is 42.8 Å². The van der Waals surface area contributed by atoms with Crippen LogP contribution in [-0.4, -0.2) is 43.2 Å². The molecule has 0 atom stereocenters. The lowest BCUT2D eigenvalue weighted by Gasteiger charge is -2.31. The summed E-state index contributed by atoms with van der Waals surface area (Å²) in [6.45, 7) is 5.34. The van der Waals surface area contributed by atoms with E-state index in [1.165, 1.54) is 0 Å². The quantitative estimate of drug-likeness (QED) is 0.722. The number of piperidine rings is 1. The molecule has 6 heteroatoms. The lowest BCUT2D eigenvalue weighted by atomic mass is 9.93. The van der Waals surface area contributed by atoms with Crippen molar-refractivity contribution in [3.05, 3.63) is 59.7 Å². The van der Waals surface area contributed by atoms with Gasteiger partial charge in [0.25, 0.3) is 5.91 Å². The lowest BCUT2D eigenvalue weighted by molar-refractivity contribution is 0.0711. The Balaban J connectivity index is 1.47. The molecule has 4 heterocycles. The molecule has 0 unspecified atom stereocenters. The lowest BCUT2D eigenvalue weighted by Crippen LogP contribution is -2.38. The number of likely N-dealkylation sites (tertiary alicyclic amines) is 1. The summed E-state index contributed by atoms with van der Waals surface area (Å²) in [7, 11) is 0. The van der Waals surface area contributed by atoms with Crippen molar-refractivity contribution in [2.45, 2.75) is 32.6 Å². The number of aromatic nitrogens is 4. The highest BCUT2D eigenvalue weighted by Gasteiger charge is 2.26. The van der Waals surface area contributed by atoms with Crippen LogP contribution >= 0.6 is 0 Å². The van der Waals surface area contributed by atoms with Gasteiger partial charge in [0.1, 0.15) is 5.82 Å². The fourth-order valence-corrected chi connectivity index (χ4v) is 3.50. The van der Waals surface area contributed by atoms with Crippen molar-refractivity contribution < 1.29 is 4.79 Å². The van der Waals surface area contributed by atoms with Gasteiger partial charge in [0.2, 0.25) is 0 Å². The first-order valence-electron chi connectivity index (χ1n) is 8.64. The second-order valence-electron chi connectivity index (χ2n) is 6.64. The van der Waals surface area contributed by atoms with Crippen LogP contribution in [0.1, 0.15) is 46.3 Å². The van der Waals surface area contributed by atoms with Crippen LogP contribution < -0.4 is 0 Å². The molecule has 128 valence electrons. The Kier molecular flexibility index (Phi) is 3.95. The van der Waals surface area contributed by atoms with Crippen molar-refractivity contribution >= 4 is 11.4 Å². The van der Waals surface area contributed by atoms with Gasteiger partial charge >= 0.3 is 0 Å². The summed E-state index contributed by atoms with van der Waals surface area (Å²) in [4.78, 5) is 27.5. The molecule has 0 N–H and O–H groups in total. The maximum absolute atomic E-state index is 12.6. The van der Waals surface area contributed by atoms with Gasteiger partial charge in [0.15, 0.2) is 0 Å². The van der Waals surface area contributed by atoms with E-state index in [9.17, 15) is 4.79 Å². The van der Waals surface area contributed by atoms with E-state index in [4.69, 9.17) is 4.98 Å². The molecule has 1 fully saturated rings. The molecule has 0 aliphatic carbocycles. The summed E-state index contributed by atoms with van der Waals surface area (Å²) < 4.78 is 2.14. The first-order valence-corrected chi connectivity index (χ1v) is 8.64. The molecule has 1 saturated heterocycles. The minimum absolute atomic E-state index is 0.0171. The van der Waals surface area contributed by atoms with E-state index < -0.39 is 0 Å². The molecule has 1 aliphatic rings. The third-order valence-corrected chi connectivity index (χ3v) is 4.95. The molecular formula is C19H21N5O. The largest absolute Gasteiger partial charge is 0.339 e. The highest BCUT2D eigenvalue weighted by Crippen LogP contribution is 2.28. The fourth-order valence-electron chi connectivity index (χ4n) is 3.50. The smallest absolute Gasteiger partial charge is 0.256 e. The molecule has 3 aromatic rings. The predicted octanol–water partition coefficient (Wildman–Crippen LogP) is 2.76. The number of amides is 1. The number of rotatable bonds is 2. The van der Waals surface area contributed by atoms with Crippen molar-refractivity contribution in [1.29, 1.82) is 0 Å². The van der Waals surface area contributed by atoms with Crippen LogP contribution in [0.4, 0.5) is 0 Å². The van der Waals surface area contributed by atoms with Crippen molar-refractivity contribution in [1.82, 2.24) is 24.3 Å². The van der Waals surface area contributed by atoms with E-state index in [-0.39, 0.29) is 5.91 Å². The summed E-state index contributed by atoms with van der Waals surface area (Å²) in [6, 6.07) is 4.12. The van der Waals surface area contributed by atoms with Gasteiger partial charge in [-0.15, -0.1) is 0 Å². The first kappa shape index (κ1) is 15.7. The van der Waals surface area contributed by atoms with Crippen LogP contribution in [0.15, 0.2) is 36.9 Å². The van der Waals surface area contributed by atoms with Crippen LogP contribution in [0.25, 0.3) is 5.52 Å². The van der Waals surface area contributed by atoms with E-state index in [2.05, 4.69) is 39.8 Å². The Morgan fingerprint density at radius 2 is 1.88 bits per heavy atom. The van der Waals surface area contributed by atoms with Crippen molar-refractivity contribution in [2.24, 2.45) is 0 Å². The number of aryl methyl sites for hydroxylation is 2. The van der Waals surface area contributed by atoms with Crippen LogP contribution in [0.2, 0.25) is 0 Å². The molecule has 0 bridgehead atoms. The third kappa shape index (κ3) is 2.99. The average molecular weight is 335 g/mol. The van der Waals surface area contributed by atoms with Crippen LogP contribution in [-0.2, 0) is 0 Å². The summed E-state index contributed by atoms with van der Waals surface area (Å²) >= 11 is 0. The van der Waals surface area contributed by atoms with Gasteiger partial charge < -0.3 is 9.30 Å². The van der Waals surface area contributed by atoms with Gasteiger partial charge in [-0.25, -0.2) is 9.97 Å². The molecule has 0 spiro atoms. The molecule has 6 nitrogen and oxygen atoms in total. The topological polar surface area (TPSA) is 63.4 Å². The second kappa shape index (κ2) is 6.27. The fraction of sp³-hybridized carbons (Fsp3) is 0.368. The Morgan fingerprint density at radius 3 is 2.60 bits per heavy atom. The highest BCUT2D eigenvalue weighted by atomic mass is 16.2. The Hall–Kier alpha value is -2.76. The molecular weight excluding hydrogens is 314 g/mol. The maximum atomic E-state index is 12.6.